The van der Waals surface area contributed by atoms with Crippen LogP contribution in [0.4, 0.5) is 0 Å². The van der Waals surface area contributed by atoms with Crippen LogP contribution in [-0.2, 0) is 18.4 Å². The number of carboxylic acid groups (broad SMARTS) is 1. The SMILES string of the molecule is CCCC[C@@H](C)C[C@@H](C=C[C@@H]1C(SCCCCCC(=O)O)=C(C=O)C[C@H]1O[Si](C)(C)C(C)(C)C)O[Si](C)(C)C(C)(C)C. The highest BCUT2D eigenvalue weighted by molar-refractivity contribution is 8.03. The molecule has 0 aromatic rings. The van der Waals surface area contributed by atoms with E-state index >= 15 is 0 Å². The summed E-state index contributed by atoms with van der Waals surface area (Å²) in [5, 5.41) is 9.16. The molecule has 1 rings (SSSR count). The van der Waals surface area contributed by atoms with Crippen LogP contribution in [-0.4, -0.2) is 52.0 Å². The van der Waals surface area contributed by atoms with Gasteiger partial charge in [-0.1, -0.05) is 93.2 Å². The standard InChI is InChI=1S/C34H64O5SSi2/c1-13-14-18-26(2)23-28(38-41(9,10)33(3,4)5)20-21-29-30(39-42(11,12)34(6,7)8)24-27(25-35)32(29)40-22-17-15-16-19-31(36)37/h20-21,25-26,28-30H,13-19,22-24H2,1-12H3,(H,36,37)/t26-,28-,29+,30-/m1/s1. The van der Waals surface area contributed by atoms with Gasteiger partial charge in [-0.2, -0.15) is 0 Å². The summed E-state index contributed by atoms with van der Waals surface area (Å²) < 4.78 is 14.0. The summed E-state index contributed by atoms with van der Waals surface area (Å²) in [6.07, 6.45) is 13.7. The van der Waals surface area contributed by atoms with Gasteiger partial charge in [0.25, 0.3) is 0 Å². The van der Waals surface area contributed by atoms with Crippen molar-refractivity contribution in [2.24, 2.45) is 11.8 Å². The average Bonchev–Trinajstić information content (AvgIpc) is 3.16. The number of carbonyl (C=O) groups is 2. The topological polar surface area (TPSA) is 72.8 Å². The molecule has 1 aliphatic rings. The third-order valence-electron chi connectivity index (χ3n) is 9.60. The first-order chi connectivity index (χ1) is 19.3. The summed E-state index contributed by atoms with van der Waals surface area (Å²) in [5.74, 6) is 0.743. The fourth-order valence-electron chi connectivity index (χ4n) is 4.77. The Morgan fingerprint density at radius 3 is 2.17 bits per heavy atom. The molecule has 0 saturated heterocycles. The number of unbranched alkanes of at least 4 members (excludes halogenated alkanes) is 3. The highest BCUT2D eigenvalue weighted by atomic mass is 32.2. The van der Waals surface area contributed by atoms with Gasteiger partial charge in [0, 0.05) is 29.2 Å². The van der Waals surface area contributed by atoms with Crippen molar-refractivity contribution in [3.63, 3.8) is 0 Å². The number of aliphatic carboxylic acids is 1. The number of aldehydes is 1. The fourth-order valence-corrected chi connectivity index (χ4v) is 8.71. The van der Waals surface area contributed by atoms with Gasteiger partial charge in [0.15, 0.2) is 16.6 Å². The number of rotatable bonds is 19. The highest BCUT2D eigenvalue weighted by Gasteiger charge is 2.44. The van der Waals surface area contributed by atoms with Gasteiger partial charge >= 0.3 is 5.97 Å². The van der Waals surface area contributed by atoms with Crippen LogP contribution in [0, 0.1) is 11.8 Å². The zero-order valence-corrected chi connectivity index (χ0v) is 31.9. The zero-order chi connectivity index (χ0) is 32.4. The van der Waals surface area contributed by atoms with Gasteiger partial charge in [-0.15, -0.1) is 11.8 Å². The van der Waals surface area contributed by atoms with Crippen LogP contribution in [0.25, 0.3) is 0 Å². The van der Waals surface area contributed by atoms with Crippen LogP contribution in [0.1, 0.15) is 113 Å². The Balaban J connectivity index is 3.35. The minimum Gasteiger partial charge on any atom is -0.481 e. The van der Waals surface area contributed by atoms with Gasteiger partial charge in [0.1, 0.15) is 6.29 Å². The van der Waals surface area contributed by atoms with Crippen molar-refractivity contribution in [3.8, 4) is 0 Å². The molecule has 244 valence electrons. The monoisotopic (exact) mass is 640 g/mol. The van der Waals surface area contributed by atoms with Crippen LogP contribution in [0.3, 0.4) is 0 Å². The van der Waals surface area contributed by atoms with E-state index in [2.05, 4.69) is 93.7 Å². The van der Waals surface area contributed by atoms with Gasteiger partial charge in [0.05, 0.1) is 12.2 Å². The van der Waals surface area contributed by atoms with Crippen LogP contribution in [0.2, 0.25) is 36.3 Å². The maximum absolute atomic E-state index is 12.3. The normalized spacial score (nSPS) is 20.4. The maximum atomic E-state index is 12.3. The van der Waals surface area contributed by atoms with E-state index in [9.17, 15) is 9.59 Å². The molecule has 0 bridgehead atoms. The first kappa shape index (κ1) is 39.3. The van der Waals surface area contributed by atoms with Crippen LogP contribution in [0.5, 0.6) is 0 Å². The minimum atomic E-state index is -2.07. The molecule has 5 nitrogen and oxygen atoms in total. The molecule has 0 amide bonds. The van der Waals surface area contributed by atoms with Crippen LogP contribution >= 0.6 is 11.8 Å². The number of thioether (sulfide) groups is 1. The van der Waals surface area contributed by atoms with Crippen LogP contribution in [0.15, 0.2) is 22.6 Å². The Hall–Kier alpha value is -0.676. The predicted octanol–water partition coefficient (Wildman–Crippen LogP) is 10.4. The van der Waals surface area contributed by atoms with E-state index in [1.54, 1.807) is 11.8 Å². The third-order valence-corrected chi connectivity index (χ3v) is 19.9. The van der Waals surface area contributed by atoms with Crippen molar-refractivity contribution in [2.75, 3.05) is 5.75 Å². The lowest BCUT2D eigenvalue weighted by Gasteiger charge is -2.40. The lowest BCUT2D eigenvalue weighted by Crippen LogP contribution is -2.45. The average molecular weight is 641 g/mol. The molecule has 0 spiro atoms. The van der Waals surface area contributed by atoms with Crippen molar-refractivity contribution in [1.82, 2.24) is 0 Å². The molecule has 0 radical (unpaired) electrons. The molecule has 0 unspecified atom stereocenters. The van der Waals surface area contributed by atoms with E-state index in [4.69, 9.17) is 14.0 Å². The first-order valence-electron chi connectivity index (χ1n) is 16.3. The van der Waals surface area contributed by atoms with E-state index in [0.717, 1.165) is 41.8 Å². The Labute approximate surface area is 265 Å². The predicted molar refractivity (Wildman–Crippen MR) is 186 cm³/mol. The van der Waals surface area contributed by atoms with Gasteiger partial charge in [-0.25, -0.2) is 0 Å². The highest BCUT2D eigenvalue weighted by Crippen LogP contribution is 2.46. The molecule has 0 saturated carbocycles. The summed E-state index contributed by atoms with van der Waals surface area (Å²) in [7, 11) is -4.06. The molecular weight excluding hydrogens is 577 g/mol. The summed E-state index contributed by atoms with van der Waals surface area (Å²) in [5.41, 5.74) is 0.863. The van der Waals surface area contributed by atoms with Gasteiger partial charge in [-0.3, -0.25) is 9.59 Å². The molecule has 0 aliphatic heterocycles. The van der Waals surface area contributed by atoms with Gasteiger partial charge < -0.3 is 14.0 Å². The van der Waals surface area contributed by atoms with E-state index in [1.165, 1.54) is 19.3 Å². The minimum absolute atomic E-state index is 0.0276. The Kier molecular flexibility index (Phi) is 16.1. The number of hydrogen-bond donors (Lipinski definition) is 1. The van der Waals surface area contributed by atoms with Crippen molar-refractivity contribution in [2.45, 2.75) is 162 Å². The largest absolute Gasteiger partial charge is 0.481 e. The molecule has 1 N–H and O–H groups in total. The van der Waals surface area contributed by atoms with E-state index < -0.39 is 22.6 Å². The molecule has 8 heteroatoms. The molecule has 0 fully saturated rings. The molecule has 1 aliphatic carbocycles. The Morgan fingerprint density at radius 1 is 1.02 bits per heavy atom. The second-order valence-corrected chi connectivity index (χ2v) is 26.1. The summed E-state index contributed by atoms with van der Waals surface area (Å²) >= 11 is 1.77. The Morgan fingerprint density at radius 2 is 1.64 bits per heavy atom. The summed E-state index contributed by atoms with van der Waals surface area (Å²) in [6, 6.07) is 0. The molecule has 42 heavy (non-hydrogen) atoms. The van der Waals surface area contributed by atoms with E-state index in [1.807, 2.05) is 0 Å². The number of carbonyl (C=O) groups excluding carboxylic acids is 1. The van der Waals surface area contributed by atoms with Crippen LogP contribution < -0.4 is 0 Å². The van der Waals surface area contributed by atoms with Crippen molar-refractivity contribution >= 4 is 40.7 Å². The third kappa shape index (κ3) is 12.7. The number of hydrogen-bond acceptors (Lipinski definition) is 5. The molecule has 0 aromatic carbocycles. The van der Waals surface area contributed by atoms with Crippen molar-refractivity contribution in [3.05, 3.63) is 22.6 Å². The van der Waals surface area contributed by atoms with E-state index in [-0.39, 0.29) is 34.6 Å². The van der Waals surface area contributed by atoms with Crippen molar-refractivity contribution in [1.29, 1.82) is 0 Å². The molecular formula is C34H64O5SSi2. The summed E-state index contributed by atoms with van der Waals surface area (Å²) in [4.78, 5) is 24.4. The fraction of sp³-hybridized carbons (Fsp3) is 0.824. The lowest BCUT2D eigenvalue weighted by atomic mass is 9.96. The van der Waals surface area contributed by atoms with Gasteiger partial charge in [0.2, 0.25) is 0 Å². The van der Waals surface area contributed by atoms with E-state index in [0.29, 0.717) is 18.8 Å². The van der Waals surface area contributed by atoms with Gasteiger partial charge in [-0.05, 0) is 67.2 Å². The quantitative estimate of drug-likeness (QED) is 0.0655. The number of carboxylic acids is 1. The second kappa shape index (κ2) is 17.1. The zero-order valence-electron chi connectivity index (χ0n) is 29.1. The summed E-state index contributed by atoms with van der Waals surface area (Å²) in [6.45, 7) is 27.5. The second-order valence-electron chi connectivity index (χ2n) is 15.5. The smallest absolute Gasteiger partial charge is 0.303 e. The lowest BCUT2D eigenvalue weighted by molar-refractivity contribution is -0.137. The Bertz CT molecular complexity index is 914. The molecule has 0 aromatic heterocycles. The maximum Gasteiger partial charge on any atom is 0.303 e. The molecule has 0 heterocycles. The van der Waals surface area contributed by atoms with Crippen molar-refractivity contribution < 1.29 is 23.5 Å². The molecule has 4 atom stereocenters. The first-order valence-corrected chi connectivity index (χ1v) is 23.1.